The van der Waals surface area contributed by atoms with E-state index < -0.39 is 29.5 Å². The molecule has 0 aliphatic carbocycles. The maximum Gasteiger partial charge on any atom is 0.289 e. The Morgan fingerprint density at radius 1 is 0.969 bits per heavy atom. The van der Waals surface area contributed by atoms with Gasteiger partial charge < -0.3 is 16.0 Å². The van der Waals surface area contributed by atoms with E-state index in [2.05, 4.69) is 25.9 Å². The first kappa shape index (κ1) is 22.8. The van der Waals surface area contributed by atoms with E-state index in [0.29, 0.717) is 10.6 Å². The minimum atomic E-state index is -1.09. The minimum Gasteiger partial charge on any atom is -0.344 e. The van der Waals surface area contributed by atoms with Crippen LogP contribution in [-0.2, 0) is 27.3 Å². The van der Waals surface area contributed by atoms with E-state index in [1.807, 2.05) is 6.07 Å². The number of rotatable bonds is 10. The van der Waals surface area contributed by atoms with E-state index >= 15 is 0 Å². The van der Waals surface area contributed by atoms with Gasteiger partial charge in [-0.15, -0.1) is 11.3 Å². The fourth-order valence-corrected chi connectivity index (χ4v) is 3.36. The van der Waals surface area contributed by atoms with Crippen LogP contribution in [0.25, 0.3) is 0 Å². The van der Waals surface area contributed by atoms with Crippen LogP contribution in [0.2, 0.25) is 0 Å². The molecular formula is C22H21N5O4S. The molecule has 9 nitrogen and oxygen atoms in total. The number of thiazole rings is 1. The first-order valence-corrected chi connectivity index (χ1v) is 10.6. The van der Waals surface area contributed by atoms with E-state index in [1.165, 1.54) is 23.7 Å². The molecule has 3 aromatic rings. The number of Topliss-reactive ketones (excluding diaryl/α,β-unsaturated/α-hetero) is 1. The van der Waals surface area contributed by atoms with Gasteiger partial charge in [0.15, 0.2) is 0 Å². The highest BCUT2D eigenvalue weighted by molar-refractivity contribution is 7.09. The Balaban J connectivity index is 1.61. The Morgan fingerprint density at radius 2 is 1.78 bits per heavy atom. The molecule has 3 amide bonds. The van der Waals surface area contributed by atoms with Crippen molar-refractivity contribution in [3.05, 3.63) is 82.6 Å². The highest BCUT2D eigenvalue weighted by Crippen LogP contribution is 2.06. The average molecular weight is 452 g/mol. The average Bonchev–Trinajstić information content (AvgIpc) is 3.35. The zero-order valence-corrected chi connectivity index (χ0v) is 17.8. The highest BCUT2D eigenvalue weighted by Gasteiger charge is 2.27. The lowest BCUT2D eigenvalue weighted by atomic mass is 10.0. The molecular weight excluding hydrogens is 430 g/mol. The predicted molar refractivity (Wildman–Crippen MR) is 118 cm³/mol. The summed E-state index contributed by atoms with van der Waals surface area (Å²) in [5.41, 5.74) is 1.08. The lowest BCUT2D eigenvalue weighted by molar-refractivity contribution is -0.140. The zero-order valence-electron chi connectivity index (χ0n) is 17.0. The van der Waals surface area contributed by atoms with Gasteiger partial charge >= 0.3 is 0 Å². The molecule has 0 radical (unpaired) electrons. The number of carbonyl (C=O) groups excluding carboxylic acids is 4. The molecule has 10 heteroatoms. The summed E-state index contributed by atoms with van der Waals surface area (Å²) in [7, 11) is 0. The first-order chi connectivity index (χ1) is 15.5. The molecule has 0 saturated heterocycles. The maximum atomic E-state index is 12.8. The van der Waals surface area contributed by atoms with E-state index in [1.54, 1.807) is 48.0 Å². The van der Waals surface area contributed by atoms with Crippen LogP contribution in [-0.4, -0.2) is 46.1 Å². The number of aromatic nitrogens is 2. The third-order valence-electron chi connectivity index (χ3n) is 4.38. The van der Waals surface area contributed by atoms with Crippen LogP contribution < -0.4 is 16.0 Å². The van der Waals surface area contributed by atoms with Crippen LogP contribution in [0.3, 0.4) is 0 Å². The fourth-order valence-electron chi connectivity index (χ4n) is 2.81. The van der Waals surface area contributed by atoms with Crippen LogP contribution in [0, 0.1) is 0 Å². The fraction of sp³-hybridized carbons (Fsp3) is 0.182. The number of carbonyl (C=O) groups is 4. The second kappa shape index (κ2) is 11.5. The normalized spacial score (nSPS) is 11.2. The molecule has 164 valence electrons. The zero-order chi connectivity index (χ0) is 22.8. The molecule has 3 rings (SSSR count). The number of nitrogens with one attached hydrogen (secondary N) is 3. The van der Waals surface area contributed by atoms with Gasteiger partial charge in [-0.1, -0.05) is 30.3 Å². The van der Waals surface area contributed by atoms with Crippen LogP contribution in [0.1, 0.15) is 20.9 Å². The molecule has 32 heavy (non-hydrogen) atoms. The molecule has 2 heterocycles. The van der Waals surface area contributed by atoms with Gasteiger partial charge in [0.1, 0.15) is 11.0 Å². The lowest BCUT2D eigenvalue weighted by Gasteiger charge is -2.18. The molecule has 3 N–H and O–H groups in total. The smallest absolute Gasteiger partial charge is 0.289 e. The third-order valence-corrected chi connectivity index (χ3v) is 5.15. The minimum absolute atomic E-state index is 0.120. The van der Waals surface area contributed by atoms with Crippen LogP contribution >= 0.6 is 11.3 Å². The summed E-state index contributed by atoms with van der Waals surface area (Å²) in [4.78, 5) is 57.6. The van der Waals surface area contributed by atoms with Crippen molar-refractivity contribution in [2.24, 2.45) is 0 Å². The van der Waals surface area contributed by atoms with E-state index in [4.69, 9.17) is 0 Å². The second-order valence-electron chi connectivity index (χ2n) is 6.71. The molecule has 0 aliphatic rings. The van der Waals surface area contributed by atoms with Crippen molar-refractivity contribution < 1.29 is 19.2 Å². The van der Waals surface area contributed by atoms with Gasteiger partial charge in [-0.05, 0) is 17.7 Å². The molecule has 2 aromatic heterocycles. The predicted octanol–water partition coefficient (Wildman–Crippen LogP) is 0.881. The van der Waals surface area contributed by atoms with Crippen molar-refractivity contribution in [2.75, 3.05) is 6.54 Å². The van der Waals surface area contributed by atoms with Crippen LogP contribution in [0.5, 0.6) is 0 Å². The Morgan fingerprint density at radius 3 is 2.47 bits per heavy atom. The Bertz CT molecular complexity index is 1060. The molecule has 0 bridgehead atoms. The van der Waals surface area contributed by atoms with Crippen molar-refractivity contribution in [3.63, 3.8) is 0 Å². The van der Waals surface area contributed by atoms with Crippen LogP contribution in [0.4, 0.5) is 0 Å². The van der Waals surface area contributed by atoms with Crippen molar-refractivity contribution in [1.82, 2.24) is 25.9 Å². The van der Waals surface area contributed by atoms with Crippen molar-refractivity contribution in [3.8, 4) is 0 Å². The summed E-state index contributed by atoms with van der Waals surface area (Å²) in [5.74, 6) is -2.66. The highest BCUT2D eigenvalue weighted by atomic mass is 32.1. The summed E-state index contributed by atoms with van der Waals surface area (Å²) in [5, 5.41) is 9.98. The number of hydrogen-bond donors (Lipinski definition) is 3. The lowest BCUT2D eigenvalue weighted by Crippen LogP contribution is -2.50. The maximum absolute atomic E-state index is 12.8. The number of benzene rings is 1. The molecule has 0 fully saturated rings. The molecule has 1 aromatic carbocycles. The first-order valence-electron chi connectivity index (χ1n) is 9.75. The summed E-state index contributed by atoms with van der Waals surface area (Å²) < 4.78 is 0. The van der Waals surface area contributed by atoms with Gasteiger partial charge in [-0.2, -0.15) is 0 Å². The molecule has 1 atom stereocenters. The van der Waals surface area contributed by atoms with Gasteiger partial charge in [0.05, 0.1) is 18.7 Å². The van der Waals surface area contributed by atoms with E-state index in [-0.39, 0.29) is 19.5 Å². The number of nitrogens with zero attached hydrogens (tertiary/aromatic N) is 2. The molecule has 0 saturated carbocycles. The topological polar surface area (TPSA) is 130 Å². The number of pyridine rings is 1. The summed E-state index contributed by atoms with van der Waals surface area (Å²) in [6.07, 6.45) is 4.64. The number of amides is 3. The second-order valence-corrected chi connectivity index (χ2v) is 7.69. The van der Waals surface area contributed by atoms with Crippen molar-refractivity contribution in [2.45, 2.75) is 19.0 Å². The Labute approximate surface area is 188 Å². The third kappa shape index (κ3) is 6.81. The Kier molecular flexibility index (Phi) is 8.15. The van der Waals surface area contributed by atoms with Gasteiger partial charge in [0.2, 0.25) is 11.7 Å². The van der Waals surface area contributed by atoms with E-state index in [9.17, 15) is 19.2 Å². The largest absolute Gasteiger partial charge is 0.344 e. The summed E-state index contributed by atoms with van der Waals surface area (Å²) >= 11 is 1.35. The van der Waals surface area contributed by atoms with Crippen LogP contribution in [0.15, 0.2) is 66.4 Å². The standard InChI is InChI=1S/C22H21N5O4S/c28-18(13-25-21(30)16-7-4-8-23-12-16)27-17(11-15-5-2-1-3-6-15)20(29)22(31)26-14-19-24-9-10-32-19/h1-10,12,17H,11,13-14H2,(H,25,30)(H,26,31)(H,27,28)/t17-/m1/s1. The molecule has 0 spiro atoms. The summed E-state index contributed by atoms with van der Waals surface area (Å²) in [6, 6.07) is 11.1. The van der Waals surface area contributed by atoms with Gasteiger partial charge in [0, 0.05) is 30.4 Å². The monoisotopic (exact) mass is 451 g/mol. The number of ketones is 1. The van der Waals surface area contributed by atoms with Gasteiger partial charge in [0.25, 0.3) is 11.8 Å². The van der Waals surface area contributed by atoms with Crippen molar-refractivity contribution in [1.29, 1.82) is 0 Å². The van der Waals surface area contributed by atoms with Gasteiger partial charge in [-0.3, -0.25) is 24.2 Å². The summed E-state index contributed by atoms with van der Waals surface area (Å²) in [6.45, 7) is -0.234. The number of hydrogen-bond acceptors (Lipinski definition) is 7. The quantitative estimate of drug-likeness (QED) is 0.392. The van der Waals surface area contributed by atoms with E-state index in [0.717, 1.165) is 5.56 Å². The van der Waals surface area contributed by atoms with Crippen molar-refractivity contribution >= 4 is 34.8 Å². The van der Waals surface area contributed by atoms with Gasteiger partial charge in [-0.25, -0.2) is 4.98 Å². The molecule has 0 aliphatic heterocycles. The Hall–Kier alpha value is -3.92. The molecule has 0 unspecified atom stereocenters. The SMILES string of the molecule is O=C(CNC(=O)c1cccnc1)N[C@H](Cc1ccccc1)C(=O)C(=O)NCc1nccs1.